The summed E-state index contributed by atoms with van der Waals surface area (Å²) < 4.78 is 20.7. The molecule has 135 heavy (non-hydrogen) atoms. The van der Waals surface area contributed by atoms with E-state index in [1.807, 2.05) is 99.8 Å². The Balaban J connectivity index is 0.000000106. The minimum absolute atomic E-state index is 0.0449. The van der Waals surface area contributed by atoms with Crippen molar-refractivity contribution < 1.29 is 37.9 Å². The maximum atomic E-state index is 13.5. The fourth-order valence-electron chi connectivity index (χ4n) is 18.8. The number of hydrogen-bond donors (Lipinski definition) is 2. The molecule has 0 radical (unpaired) electrons. The lowest BCUT2D eigenvalue weighted by Crippen LogP contribution is -2.33. The molecule has 0 saturated carbocycles. The SMILES string of the molecule is CC(C)(C)OC(=O)N1Cc2ccc(C(=O)CBr)cc2C1.CN1Cc2ccc(-c3cc4ccccn4c3)cc2C1.CN1Cc2ccc(-c3cc4ccccn4c3)cc2C1.CN1Cc2ccc(-c3cc4ccccn4c3C(=O)C(=O)Cl)cc2C1.CN1Cc2ccc(-c3cc4ccccn4c3C(=O)C(=O)Nc3ccc(-c4ncco4)cc3)cc2C1.c1ccn2cc(-c3ccc4c(c3)CNC4)cc2c1. The van der Waals surface area contributed by atoms with Crippen LogP contribution in [0.4, 0.5) is 10.5 Å². The van der Waals surface area contributed by atoms with Crippen molar-refractivity contribution in [1.29, 1.82) is 0 Å². The van der Waals surface area contributed by atoms with Crippen molar-refractivity contribution in [2.45, 2.75) is 105 Å². The average molecular weight is 1870 g/mol. The van der Waals surface area contributed by atoms with Crippen LogP contribution in [0.2, 0.25) is 0 Å². The van der Waals surface area contributed by atoms with Gasteiger partial charge in [-0.2, -0.15) is 0 Å². The van der Waals surface area contributed by atoms with Crippen molar-refractivity contribution in [2.75, 3.05) is 38.8 Å². The molecule has 2 N–H and O–H groups in total. The molecule has 21 nitrogen and oxygen atoms in total. The summed E-state index contributed by atoms with van der Waals surface area (Å²) in [4.78, 5) is 89.1. The zero-order valence-electron chi connectivity index (χ0n) is 76.2. The first-order valence-corrected chi connectivity index (χ1v) is 46.6. The molecule has 18 aromatic rings. The van der Waals surface area contributed by atoms with Gasteiger partial charge < -0.3 is 41.8 Å². The Morgan fingerprint density at radius 2 is 0.778 bits per heavy atom. The Hall–Kier alpha value is -14.5. The fourth-order valence-corrected chi connectivity index (χ4v) is 19.2. The molecule has 7 aromatic carbocycles. The van der Waals surface area contributed by atoms with Crippen LogP contribution in [0, 0.1) is 0 Å². The number of Topliss-reactive ketones (excluding diaryl/α,β-unsaturated/α-hetero) is 3. The van der Waals surface area contributed by atoms with Gasteiger partial charge in [0.05, 0.1) is 11.5 Å². The zero-order valence-corrected chi connectivity index (χ0v) is 78.5. The third-order valence-corrected chi connectivity index (χ3v) is 26.0. The number of anilines is 1. The van der Waals surface area contributed by atoms with Crippen LogP contribution in [0.1, 0.15) is 119 Å². The number of alkyl halides is 1. The second kappa shape index (κ2) is 38.6. The predicted octanol–water partition coefficient (Wildman–Crippen LogP) is 22.4. The van der Waals surface area contributed by atoms with Gasteiger partial charge in [0.2, 0.25) is 5.89 Å². The number of aromatic nitrogens is 6. The van der Waals surface area contributed by atoms with E-state index < -0.39 is 28.3 Å². The molecule has 6 aliphatic heterocycles. The van der Waals surface area contributed by atoms with E-state index in [9.17, 15) is 28.8 Å². The van der Waals surface area contributed by atoms with Crippen LogP contribution in [0.15, 0.2) is 321 Å². The molecule has 24 rings (SSSR count). The van der Waals surface area contributed by atoms with E-state index in [0.29, 0.717) is 46.9 Å². The molecule has 11 aromatic heterocycles. The van der Waals surface area contributed by atoms with Crippen LogP contribution in [-0.2, 0) is 92.9 Å². The number of fused-ring (bicyclic) bond motifs is 11. The summed E-state index contributed by atoms with van der Waals surface area (Å²) in [6.45, 7) is 16.5. The van der Waals surface area contributed by atoms with Crippen LogP contribution in [0.3, 0.4) is 0 Å². The molecule has 0 unspecified atom stereocenters. The maximum absolute atomic E-state index is 13.5. The largest absolute Gasteiger partial charge is 0.445 e. The molecule has 676 valence electrons. The van der Waals surface area contributed by atoms with Gasteiger partial charge in [-0.3, -0.25) is 48.5 Å². The van der Waals surface area contributed by atoms with Crippen LogP contribution in [-0.4, -0.2) is 125 Å². The highest BCUT2D eigenvalue weighted by Gasteiger charge is 2.32. The Kier molecular flexibility index (Phi) is 25.7. The maximum Gasteiger partial charge on any atom is 0.410 e. The van der Waals surface area contributed by atoms with Gasteiger partial charge in [-0.25, -0.2) is 9.78 Å². The molecular weight excluding hydrogens is 1770 g/mol. The van der Waals surface area contributed by atoms with Gasteiger partial charge in [0.1, 0.15) is 23.3 Å². The molecule has 17 heterocycles. The standard InChI is InChI=1S/C28H22N4O3.C19H15ClN2O2.2C17H16N2.C16H14N2.C15H18BrNO3/c1-31-16-20-6-5-19(14-21(20)17-31)24-15-23-4-2-3-12-32(23)25(24)26(33)27(34)30-22-9-7-18(8-10-22)28-29-11-13-35-28;1-21-10-13-6-5-12(8-14(13)11-21)16-9-15-4-2-3-7-22(15)17(16)18(23)19(20)24;2*1-18-10-14-6-5-13(8-15(14)11-18)16-9-17-4-2-3-7-19(17)12-16;1-2-6-18-11-15(8-16(18)3-1)12-4-5-13-9-17-10-14(13)7-12;1-15(2,3)20-14(19)17-8-11-5-4-10(13(18)7-16)6-12(11)9-17/h2-15H,16-17H2,1H3,(H,30,34);2-9H,10-11H2,1H3;2*2-9,12H,10-11H2,1H3;1-8,11,17H,9-10H2;4-6H,7-9H2,1-3H3. The number of ketones is 3. The first-order valence-electron chi connectivity index (χ1n) is 45.1. The molecule has 0 bridgehead atoms. The van der Waals surface area contributed by atoms with Gasteiger partial charge >= 0.3 is 6.09 Å². The number of ether oxygens (including phenoxy) is 1. The van der Waals surface area contributed by atoms with Crippen LogP contribution < -0.4 is 10.6 Å². The lowest BCUT2D eigenvalue weighted by atomic mass is 9.99. The number of oxazole rings is 1. The highest BCUT2D eigenvalue weighted by molar-refractivity contribution is 9.09. The number of halogens is 2. The Labute approximate surface area is 796 Å². The van der Waals surface area contributed by atoms with Crippen molar-refractivity contribution in [3.63, 3.8) is 0 Å². The minimum atomic E-state index is -0.971. The predicted molar refractivity (Wildman–Crippen MR) is 536 cm³/mol. The summed E-state index contributed by atoms with van der Waals surface area (Å²) in [5.41, 5.74) is 34.6. The summed E-state index contributed by atoms with van der Waals surface area (Å²) in [6.07, 6.45) is 19.2. The highest BCUT2D eigenvalue weighted by Crippen LogP contribution is 2.39. The van der Waals surface area contributed by atoms with E-state index in [0.717, 1.165) is 115 Å². The number of nitrogens with zero attached hydrogens (tertiary/aromatic N) is 11. The van der Waals surface area contributed by atoms with Crippen molar-refractivity contribution in [2.24, 2.45) is 0 Å². The van der Waals surface area contributed by atoms with E-state index in [1.165, 1.54) is 112 Å². The quantitative estimate of drug-likeness (QED) is 0.0478. The van der Waals surface area contributed by atoms with Crippen LogP contribution in [0.25, 0.3) is 94.7 Å². The van der Waals surface area contributed by atoms with Crippen molar-refractivity contribution >= 4 is 95.4 Å². The number of carbonyl (C=O) groups is 6. The van der Waals surface area contributed by atoms with Gasteiger partial charge in [-0.1, -0.05) is 119 Å². The lowest BCUT2D eigenvalue weighted by molar-refractivity contribution is -0.112. The number of benzene rings is 7. The molecule has 0 aliphatic carbocycles. The summed E-state index contributed by atoms with van der Waals surface area (Å²) >= 11 is 8.65. The van der Waals surface area contributed by atoms with E-state index in [1.54, 1.807) is 56.4 Å². The molecular formula is C112H101BrClN13O8. The third kappa shape index (κ3) is 19.8. The molecule has 0 spiro atoms. The minimum Gasteiger partial charge on any atom is -0.445 e. The fraction of sp³-hybridized carbons (Fsp3) is 0.188. The molecule has 0 saturated heterocycles. The Morgan fingerprint density at radius 1 is 0.400 bits per heavy atom. The van der Waals surface area contributed by atoms with Crippen molar-refractivity contribution in [3.8, 4) is 67.1 Å². The van der Waals surface area contributed by atoms with Crippen molar-refractivity contribution in [1.82, 2.24) is 56.8 Å². The first-order chi connectivity index (χ1) is 65.4. The van der Waals surface area contributed by atoms with Crippen molar-refractivity contribution in [3.05, 3.63) is 401 Å². The van der Waals surface area contributed by atoms with Crippen LogP contribution in [0.5, 0.6) is 0 Å². The normalized spacial score (nSPS) is 14.1. The summed E-state index contributed by atoms with van der Waals surface area (Å²) in [7, 11) is 8.51. The van der Waals surface area contributed by atoms with E-state index in [2.05, 4.69) is 281 Å². The van der Waals surface area contributed by atoms with Gasteiger partial charge in [-0.05, 0) is 307 Å². The summed E-state index contributed by atoms with van der Waals surface area (Å²) in [6, 6.07) is 86.3. The third-order valence-electron chi connectivity index (χ3n) is 25.3. The Bertz CT molecular complexity index is 7370. The zero-order chi connectivity index (χ0) is 93.3. The second-order valence-corrected chi connectivity index (χ2v) is 37.4. The highest BCUT2D eigenvalue weighted by atomic mass is 79.9. The van der Waals surface area contributed by atoms with E-state index in [-0.39, 0.29) is 11.9 Å². The van der Waals surface area contributed by atoms with Crippen LogP contribution >= 0.6 is 27.5 Å². The average Bonchev–Trinajstić information content (AvgIpc) is 1.61. The molecule has 0 fully saturated rings. The smallest absolute Gasteiger partial charge is 0.410 e. The van der Waals surface area contributed by atoms with Gasteiger partial charge in [0, 0.05) is 200 Å². The number of nitrogens with one attached hydrogen (secondary N) is 2. The number of rotatable bonds is 13. The summed E-state index contributed by atoms with van der Waals surface area (Å²) in [5, 5.41) is 5.46. The van der Waals surface area contributed by atoms with E-state index >= 15 is 0 Å². The van der Waals surface area contributed by atoms with Gasteiger partial charge in [0.15, 0.2) is 5.78 Å². The molecule has 23 heteroatoms. The topological polar surface area (TPSA) is 200 Å². The number of hydrogen-bond acceptors (Lipinski definition) is 14. The van der Waals surface area contributed by atoms with Gasteiger partial charge in [0.25, 0.3) is 22.7 Å². The monoisotopic (exact) mass is 1870 g/mol. The van der Waals surface area contributed by atoms with Gasteiger partial charge in [-0.15, -0.1) is 0 Å². The number of carbonyl (C=O) groups excluding carboxylic acids is 6. The molecule has 2 amide bonds. The summed E-state index contributed by atoms with van der Waals surface area (Å²) in [5.74, 6) is -1.44. The number of amides is 2. The lowest BCUT2D eigenvalue weighted by Gasteiger charge is -2.24. The first kappa shape index (κ1) is 89.7. The van der Waals surface area contributed by atoms with E-state index in [4.69, 9.17) is 20.8 Å². The second-order valence-electron chi connectivity index (χ2n) is 36.5. The molecule has 6 aliphatic rings. The Morgan fingerprint density at radius 3 is 1.21 bits per heavy atom. The molecule has 0 atom stereocenters. The number of pyridine rings is 5.